The average molecular weight is 241 g/mol. The third-order valence-corrected chi connectivity index (χ3v) is 1.90. The van der Waals surface area contributed by atoms with Gasteiger partial charge in [0.25, 0.3) is 0 Å². The zero-order valence-electron chi connectivity index (χ0n) is 5.12. The molecular formula is C6H7Cl2Zr. The zero-order valence-corrected chi connectivity index (χ0v) is 9.09. The Morgan fingerprint density at radius 2 is 2.00 bits per heavy atom. The molecule has 0 spiro atoms. The van der Waals surface area contributed by atoms with Crippen LogP contribution in [0.3, 0.4) is 0 Å². The summed E-state index contributed by atoms with van der Waals surface area (Å²) in [4.78, 5) is 0. The summed E-state index contributed by atoms with van der Waals surface area (Å²) in [5.74, 6) is 0. The topological polar surface area (TPSA) is 0 Å². The molecule has 0 aromatic heterocycles. The number of hydrogen-bond donors (Lipinski definition) is 0. The maximum atomic E-state index is 2.27. The normalized spacial score (nSPS) is 15.0. The van der Waals surface area contributed by atoms with Crippen LogP contribution in [0.5, 0.6) is 0 Å². The number of rotatable bonds is 0. The molecule has 0 aromatic rings. The minimum absolute atomic E-state index is 0. The van der Waals surface area contributed by atoms with Crippen LogP contribution in [-0.2, 0) is 24.7 Å². The third-order valence-electron chi connectivity index (χ3n) is 1.05. The number of hydrogen-bond acceptors (Lipinski definition) is 0. The Labute approximate surface area is 83.5 Å². The quantitative estimate of drug-likeness (QED) is 0.403. The van der Waals surface area contributed by atoms with E-state index in [-0.39, 0.29) is 24.8 Å². The summed E-state index contributed by atoms with van der Waals surface area (Å²) < 4.78 is 1.57. The summed E-state index contributed by atoms with van der Waals surface area (Å²) in [7, 11) is 0. The average Bonchev–Trinajstić information content (AvgIpc) is 1.87. The Morgan fingerprint density at radius 1 is 1.44 bits per heavy atom. The van der Waals surface area contributed by atoms with Crippen molar-refractivity contribution in [2.75, 3.05) is 0 Å². The van der Waals surface area contributed by atoms with Crippen molar-refractivity contribution in [3.05, 3.63) is 21.0 Å². The van der Waals surface area contributed by atoms with E-state index < -0.39 is 0 Å². The standard InChI is InChI=1S/C6H7.2ClH.Zr/c1-6-4-2-3-5-6;;;/h4-5H,2H2,1H3;2*1H;/q;;;+2/p-2. The molecule has 1 rings (SSSR count). The first-order valence-electron chi connectivity index (χ1n) is 2.38. The maximum absolute atomic E-state index is 2.27. The van der Waals surface area contributed by atoms with E-state index in [0.29, 0.717) is 0 Å². The van der Waals surface area contributed by atoms with E-state index >= 15 is 0 Å². The van der Waals surface area contributed by atoms with E-state index in [4.69, 9.17) is 0 Å². The van der Waals surface area contributed by atoms with E-state index in [2.05, 4.69) is 19.1 Å². The van der Waals surface area contributed by atoms with E-state index in [1.54, 1.807) is 28.0 Å². The van der Waals surface area contributed by atoms with Gasteiger partial charge in [-0.1, -0.05) is 0 Å². The molecule has 3 heteroatoms. The first kappa shape index (κ1) is 12.6. The second-order valence-corrected chi connectivity index (χ2v) is 3.40. The molecule has 0 bridgehead atoms. The first-order valence-corrected chi connectivity index (χ1v) is 3.61. The van der Waals surface area contributed by atoms with Crippen molar-refractivity contribution in [1.82, 2.24) is 0 Å². The summed E-state index contributed by atoms with van der Waals surface area (Å²) in [6.07, 6.45) is 5.74. The van der Waals surface area contributed by atoms with Crippen molar-refractivity contribution in [3.8, 4) is 0 Å². The minimum atomic E-state index is 0. The van der Waals surface area contributed by atoms with Gasteiger partial charge in [-0.3, -0.25) is 0 Å². The zero-order chi connectivity index (χ0) is 5.28. The number of allylic oxidation sites excluding steroid dienone is 4. The van der Waals surface area contributed by atoms with E-state index in [1.807, 2.05) is 0 Å². The predicted molar refractivity (Wildman–Crippen MR) is 26.5 cm³/mol. The summed E-state index contributed by atoms with van der Waals surface area (Å²) in [5.41, 5.74) is 1.44. The van der Waals surface area contributed by atoms with E-state index in [0.717, 1.165) is 0 Å². The van der Waals surface area contributed by atoms with Crippen LogP contribution in [0.15, 0.2) is 21.0 Å². The Hall–Kier alpha value is 0.943. The van der Waals surface area contributed by atoms with Gasteiger partial charge in [-0.25, -0.2) is 0 Å². The summed E-state index contributed by atoms with van der Waals surface area (Å²) >= 11 is 1.57. The van der Waals surface area contributed by atoms with Crippen LogP contribution in [0, 0.1) is 0 Å². The van der Waals surface area contributed by atoms with Gasteiger partial charge in [-0.15, -0.1) is 0 Å². The van der Waals surface area contributed by atoms with Crippen LogP contribution in [0.1, 0.15) is 13.3 Å². The smallest absolute Gasteiger partial charge is 1.00 e. The molecule has 0 amide bonds. The van der Waals surface area contributed by atoms with Gasteiger partial charge < -0.3 is 24.8 Å². The molecule has 1 aliphatic rings. The van der Waals surface area contributed by atoms with Crippen LogP contribution in [0.4, 0.5) is 0 Å². The minimum Gasteiger partial charge on any atom is -1.00 e. The molecule has 0 aliphatic heterocycles. The summed E-state index contributed by atoms with van der Waals surface area (Å²) in [5, 5.41) is 0. The van der Waals surface area contributed by atoms with Crippen molar-refractivity contribution in [3.63, 3.8) is 0 Å². The van der Waals surface area contributed by atoms with Gasteiger partial charge in [0.2, 0.25) is 0 Å². The second kappa shape index (κ2) is 5.71. The van der Waals surface area contributed by atoms with Gasteiger partial charge in [-0.05, 0) is 0 Å². The molecule has 0 saturated heterocycles. The molecule has 0 heterocycles. The van der Waals surface area contributed by atoms with E-state index in [1.165, 1.54) is 12.0 Å². The Kier molecular flexibility index (Phi) is 7.99. The van der Waals surface area contributed by atoms with Crippen LogP contribution < -0.4 is 24.8 Å². The van der Waals surface area contributed by atoms with Gasteiger partial charge in [0, 0.05) is 0 Å². The Morgan fingerprint density at radius 3 is 2.11 bits per heavy atom. The fourth-order valence-corrected chi connectivity index (χ4v) is 1.47. The Balaban J connectivity index is 0. The maximum Gasteiger partial charge on any atom is -1.00 e. The van der Waals surface area contributed by atoms with Crippen LogP contribution in [0.25, 0.3) is 0 Å². The molecule has 0 aromatic carbocycles. The Bertz CT molecular complexity index is 138. The monoisotopic (exact) mass is 239 g/mol. The molecule has 49 valence electrons. The van der Waals surface area contributed by atoms with Crippen molar-refractivity contribution >= 4 is 0 Å². The molecule has 0 saturated carbocycles. The number of halogens is 2. The fraction of sp³-hybridized carbons (Fsp3) is 0.333. The molecule has 0 fully saturated rings. The SMILES string of the molecule is CC1=CC[C]([Zr+2])=C1.[Cl-].[Cl-]. The molecule has 9 heavy (non-hydrogen) atoms. The molecule has 0 atom stereocenters. The van der Waals surface area contributed by atoms with Crippen molar-refractivity contribution in [2.45, 2.75) is 13.3 Å². The summed E-state index contributed by atoms with van der Waals surface area (Å²) in [6.45, 7) is 2.15. The summed E-state index contributed by atoms with van der Waals surface area (Å²) in [6, 6.07) is 0. The molecule has 0 nitrogen and oxygen atoms in total. The van der Waals surface area contributed by atoms with Gasteiger partial charge >= 0.3 is 59.1 Å². The van der Waals surface area contributed by atoms with Crippen LogP contribution in [0.2, 0.25) is 0 Å². The fourth-order valence-electron chi connectivity index (χ4n) is 0.664. The largest absolute Gasteiger partial charge is 1.00 e. The third kappa shape index (κ3) is 4.36. The van der Waals surface area contributed by atoms with E-state index in [9.17, 15) is 0 Å². The second-order valence-electron chi connectivity index (χ2n) is 1.82. The van der Waals surface area contributed by atoms with Crippen LogP contribution in [-0.4, -0.2) is 0 Å². The van der Waals surface area contributed by atoms with Crippen molar-refractivity contribution < 1.29 is 49.5 Å². The van der Waals surface area contributed by atoms with Crippen LogP contribution >= 0.6 is 0 Å². The van der Waals surface area contributed by atoms with Gasteiger partial charge in [-0.2, -0.15) is 0 Å². The van der Waals surface area contributed by atoms with Crippen molar-refractivity contribution in [1.29, 1.82) is 0 Å². The van der Waals surface area contributed by atoms with Crippen molar-refractivity contribution in [2.24, 2.45) is 0 Å². The van der Waals surface area contributed by atoms with Gasteiger partial charge in [0.15, 0.2) is 0 Å². The van der Waals surface area contributed by atoms with Gasteiger partial charge in [0.1, 0.15) is 0 Å². The molecular weight excluding hydrogens is 234 g/mol. The molecule has 0 unspecified atom stereocenters. The molecule has 0 N–H and O–H groups in total. The predicted octanol–water partition coefficient (Wildman–Crippen LogP) is -4.22. The molecule has 1 aliphatic carbocycles. The molecule has 0 radical (unpaired) electrons. The van der Waals surface area contributed by atoms with Gasteiger partial charge in [0.05, 0.1) is 0 Å². The first-order chi connectivity index (χ1) is 3.29.